The van der Waals surface area contributed by atoms with E-state index in [2.05, 4.69) is 10.3 Å². The largest absolute Gasteiger partial charge is 0.493 e. The van der Waals surface area contributed by atoms with E-state index in [0.717, 1.165) is 15.2 Å². The van der Waals surface area contributed by atoms with Crippen molar-refractivity contribution in [2.24, 2.45) is 0 Å². The lowest BCUT2D eigenvalue weighted by atomic mass is 10.1. The highest BCUT2D eigenvalue weighted by Gasteiger charge is 2.18. The van der Waals surface area contributed by atoms with Gasteiger partial charge in [0, 0.05) is 12.6 Å². The minimum Gasteiger partial charge on any atom is -0.493 e. The maximum absolute atomic E-state index is 12.5. The Bertz CT molecular complexity index is 1010. The molecule has 1 heterocycles. The summed E-state index contributed by atoms with van der Waals surface area (Å²) >= 11 is 1.54. The number of carbonyl (C=O) groups excluding carboxylic acids is 2. The van der Waals surface area contributed by atoms with Gasteiger partial charge in [0.05, 0.1) is 44.6 Å². The third-order valence-electron chi connectivity index (χ3n) is 4.46. The van der Waals surface area contributed by atoms with E-state index < -0.39 is 5.91 Å². The van der Waals surface area contributed by atoms with Gasteiger partial charge in [-0.2, -0.15) is 0 Å². The standard InChI is InChI=1S/C21H23N3O5S/c1-24(12-18-23-14-7-5-6-8-17(14)30-18)19(25)11-22-21(26)13-9-15(27-2)20(29-4)16(10-13)28-3/h5-10H,11-12H2,1-4H3,(H,22,26). The molecule has 30 heavy (non-hydrogen) atoms. The molecule has 0 spiro atoms. The van der Waals surface area contributed by atoms with Gasteiger partial charge in [-0.25, -0.2) is 4.98 Å². The first kappa shape index (κ1) is 21.4. The lowest BCUT2D eigenvalue weighted by Crippen LogP contribution is -2.37. The smallest absolute Gasteiger partial charge is 0.251 e. The highest BCUT2D eigenvalue weighted by Crippen LogP contribution is 2.38. The Hall–Kier alpha value is -3.33. The number of carbonyl (C=O) groups is 2. The van der Waals surface area contributed by atoms with E-state index in [4.69, 9.17) is 14.2 Å². The van der Waals surface area contributed by atoms with Gasteiger partial charge in [0.2, 0.25) is 11.7 Å². The topological polar surface area (TPSA) is 90.0 Å². The Kier molecular flexibility index (Phi) is 6.73. The fourth-order valence-electron chi connectivity index (χ4n) is 2.88. The zero-order valence-corrected chi connectivity index (χ0v) is 18.0. The summed E-state index contributed by atoms with van der Waals surface area (Å²) in [4.78, 5) is 31.1. The van der Waals surface area contributed by atoms with Gasteiger partial charge in [-0.15, -0.1) is 11.3 Å². The first-order valence-corrected chi connectivity index (χ1v) is 9.95. The second-order valence-electron chi connectivity index (χ2n) is 6.42. The quantitative estimate of drug-likeness (QED) is 0.592. The normalized spacial score (nSPS) is 10.5. The van der Waals surface area contributed by atoms with E-state index in [-0.39, 0.29) is 12.5 Å². The van der Waals surface area contributed by atoms with Crippen LogP contribution in [0.4, 0.5) is 0 Å². The van der Waals surface area contributed by atoms with Gasteiger partial charge in [-0.1, -0.05) is 12.1 Å². The van der Waals surface area contributed by atoms with Crippen molar-refractivity contribution in [1.82, 2.24) is 15.2 Å². The van der Waals surface area contributed by atoms with Gasteiger partial charge in [-0.05, 0) is 24.3 Å². The number of methoxy groups -OCH3 is 3. The van der Waals surface area contributed by atoms with Crippen molar-refractivity contribution in [2.45, 2.75) is 6.54 Å². The predicted molar refractivity (Wildman–Crippen MR) is 115 cm³/mol. The zero-order chi connectivity index (χ0) is 21.7. The Labute approximate surface area is 178 Å². The minimum atomic E-state index is -0.420. The van der Waals surface area contributed by atoms with Crippen molar-refractivity contribution in [3.63, 3.8) is 0 Å². The van der Waals surface area contributed by atoms with E-state index >= 15 is 0 Å². The maximum Gasteiger partial charge on any atom is 0.251 e. The summed E-state index contributed by atoms with van der Waals surface area (Å²) in [6, 6.07) is 10.9. The van der Waals surface area contributed by atoms with Crippen molar-refractivity contribution < 1.29 is 23.8 Å². The first-order chi connectivity index (χ1) is 14.5. The molecule has 9 heteroatoms. The van der Waals surface area contributed by atoms with E-state index in [0.29, 0.717) is 29.4 Å². The molecule has 3 aromatic rings. The maximum atomic E-state index is 12.5. The van der Waals surface area contributed by atoms with E-state index in [1.165, 1.54) is 38.4 Å². The molecule has 3 rings (SSSR count). The van der Waals surface area contributed by atoms with Gasteiger partial charge in [0.25, 0.3) is 5.91 Å². The van der Waals surface area contributed by atoms with E-state index in [1.807, 2.05) is 24.3 Å². The number of hydrogen-bond acceptors (Lipinski definition) is 7. The molecule has 1 aromatic heterocycles. The fraction of sp³-hybridized carbons (Fsp3) is 0.286. The number of nitrogens with zero attached hydrogens (tertiary/aromatic N) is 2. The molecule has 0 fully saturated rings. The monoisotopic (exact) mass is 429 g/mol. The summed E-state index contributed by atoms with van der Waals surface area (Å²) in [6.45, 7) is 0.231. The average molecular weight is 429 g/mol. The molecule has 0 saturated heterocycles. The Morgan fingerprint density at radius 3 is 2.33 bits per heavy atom. The van der Waals surface area contributed by atoms with Gasteiger partial charge < -0.3 is 24.4 Å². The minimum absolute atomic E-state index is 0.142. The summed E-state index contributed by atoms with van der Waals surface area (Å²) in [5.41, 5.74) is 1.21. The van der Waals surface area contributed by atoms with Crippen molar-refractivity contribution in [3.05, 3.63) is 47.0 Å². The van der Waals surface area contributed by atoms with Gasteiger partial charge >= 0.3 is 0 Å². The molecular weight excluding hydrogens is 406 g/mol. The van der Waals surface area contributed by atoms with Crippen LogP contribution < -0.4 is 19.5 Å². The summed E-state index contributed by atoms with van der Waals surface area (Å²) in [7, 11) is 6.11. The van der Waals surface area contributed by atoms with Gasteiger partial charge in [0.15, 0.2) is 11.5 Å². The van der Waals surface area contributed by atoms with Crippen LogP contribution in [0.2, 0.25) is 0 Å². The highest BCUT2D eigenvalue weighted by molar-refractivity contribution is 7.18. The molecular formula is C21H23N3O5S. The highest BCUT2D eigenvalue weighted by atomic mass is 32.1. The predicted octanol–water partition coefficient (Wildman–Crippen LogP) is 2.71. The molecule has 8 nitrogen and oxygen atoms in total. The summed E-state index contributed by atoms with van der Waals surface area (Å²) in [6.07, 6.45) is 0. The number of nitrogens with one attached hydrogen (secondary N) is 1. The Morgan fingerprint density at radius 1 is 1.07 bits per heavy atom. The molecule has 0 bridgehead atoms. The molecule has 0 aliphatic carbocycles. The van der Waals surface area contributed by atoms with Crippen LogP contribution in [0.3, 0.4) is 0 Å². The number of ether oxygens (including phenoxy) is 3. The number of likely N-dealkylation sites (N-methyl/N-ethyl adjacent to an activating group) is 1. The molecule has 0 saturated carbocycles. The number of thiazole rings is 1. The van der Waals surface area contributed by atoms with Gasteiger partial charge in [-0.3, -0.25) is 9.59 Å². The number of aromatic nitrogens is 1. The molecule has 0 unspecified atom stereocenters. The molecule has 0 atom stereocenters. The summed E-state index contributed by atoms with van der Waals surface area (Å²) < 4.78 is 16.8. The van der Waals surface area contributed by atoms with Crippen molar-refractivity contribution in [1.29, 1.82) is 0 Å². The number of hydrogen-bond donors (Lipinski definition) is 1. The SMILES string of the molecule is COc1cc(C(=O)NCC(=O)N(C)Cc2nc3ccccc3s2)cc(OC)c1OC. The molecule has 2 amide bonds. The first-order valence-electron chi connectivity index (χ1n) is 9.13. The lowest BCUT2D eigenvalue weighted by molar-refractivity contribution is -0.129. The van der Waals surface area contributed by atoms with Crippen LogP contribution in [-0.2, 0) is 11.3 Å². The van der Waals surface area contributed by atoms with E-state index in [1.54, 1.807) is 18.4 Å². The van der Waals surface area contributed by atoms with Crippen molar-refractivity contribution in [3.8, 4) is 17.2 Å². The van der Waals surface area contributed by atoms with Crippen LogP contribution in [-0.4, -0.2) is 56.6 Å². The van der Waals surface area contributed by atoms with Crippen molar-refractivity contribution >= 4 is 33.4 Å². The summed E-state index contributed by atoms with van der Waals surface area (Å²) in [5.74, 6) is 0.469. The molecule has 0 radical (unpaired) electrons. The number of amides is 2. The third-order valence-corrected chi connectivity index (χ3v) is 5.48. The number of para-hydroxylation sites is 1. The lowest BCUT2D eigenvalue weighted by Gasteiger charge is -2.17. The van der Waals surface area contributed by atoms with Crippen LogP contribution in [0.15, 0.2) is 36.4 Å². The number of rotatable bonds is 8. The molecule has 158 valence electrons. The Morgan fingerprint density at radius 2 is 1.73 bits per heavy atom. The molecule has 0 aliphatic rings. The van der Waals surface area contributed by atoms with Crippen molar-refractivity contribution in [2.75, 3.05) is 34.9 Å². The second kappa shape index (κ2) is 9.45. The zero-order valence-electron chi connectivity index (χ0n) is 17.2. The van der Waals surface area contributed by atoms with Crippen LogP contribution in [0.1, 0.15) is 15.4 Å². The van der Waals surface area contributed by atoms with E-state index in [9.17, 15) is 9.59 Å². The van der Waals surface area contributed by atoms with Crippen LogP contribution in [0, 0.1) is 0 Å². The molecule has 1 N–H and O–H groups in total. The summed E-state index contributed by atoms with van der Waals surface area (Å²) in [5, 5.41) is 3.47. The number of benzene rings is 2. The van der Waals surface area contributed by atoms with Crippen LogP contribution in [0.25, 0.3) is 10.2 Å². The van der Waals surface area contributed by atoms with Crippen LogP contribution in [0.5, 0.6) is 17.2 Å². The third kappa shape index (κ3) is 4.62. The van der Waals surface area contributed by atoms with Gasteiger partial charge in [0.1, 0.15) is 5.01 Å². The molecule has 2 aromatic carbocycles. The van der Waals surface area contributed by atoms with Crippen LogP contribution >= 0.6 is 11.3 Å². The number of fused-ring (bicyclic) bond motifs is 1. The second-order valence-corrected chi connectivity index (χ2v) is 7.54. The Balaban J connectivity index is 1.62. The molecule has 0 aliphatic heterocycles. The fourth-order valence-corrected chi connectivity index (χ4v) is 3.90. The average Bonchev–Trinajstić information content (AvgIpc) is 3.18.